The van der Waals surface area contributed by atoms with Crippen molar-refractivity contribution in [3.63, 3.8) is 0 Å². The number of anilines is 1. The summed E-state index contributed by atoms with van der Waals surface area (Å²) in [5.41, 5.74) is 3.27. The highest BCUT2D eigenvalue weighted by Crippen LogP contribution is 2.30. The molecule has 0 aliphatic carbocycles. The summed E-state index contributed by atoms with van der Waals surface area (Å²) in [4.78, 5) is 17.6. The number of carbonyl (C=O) groups excluding carboxylic acids is 1. The van der Waals surface area contributed by atoms with E-state index in [-0.39, 0.29) is 11.8 Å². The molecule has 0 aliphatic heterocycles. The maximum atomic E-state index is 11.9. The number of thiazole rings is 1. The van der Waals surface area contributed by atoms with Gasteiger partial charge in [0.05, 0.1) is 5.69 Å². The first-order chi connectivity index (χ1) is 9.51. The van der Waals surface area contributed by atoms with E-state index in [2.05, 4.69) is 41.5 Å². The van der Waals surface area contributed by atoms with Gasteiger partial charge in [0.25, 0.3) is 0 Å². The average Bonchev–Trinajstić information content (AvgIpc) is 2.79. The lowest BCUT2D eigenvalue weighted by atomic mass is 10.1. The Morgan fingerprint density at radius 2 is 1.95 bits per heavy atom. The zero-order valence-corrected chi connectivity index (χ0v) is 13.2. The molecule has 1 aromatic carbocycles. The molecular weight excluding hydrogens is 268 g/mol. The molecule has 0 spiro atoms. The topological polar surface area (TPSA) is 42.0 Å². The van der Waals surface area contributed by atoms with Gasteiger partial charge < -0.3 is 5.32 Å². The minimum Gasteiger partial charge on any atom is -0.302 e. The Bertz CT molecular complexity index is 601. The number of nitrogens with one attached hydrogen (secondary N) is 1. The third-order valence-corrected chi connectivity index (χ3v) is 4.30. The van der Waals surface area contributed by atoms with Gasteiger partial charge in [-0.1, -0.05) is 43.7 Å². The summed E-state index contributed by atoms with van der Waals surface area (Å²) >= 11 is 1.53. The Labute approximate surface area is 124 Å². The highest BCUT2D eigenvalue weighted by Gasteiger charge is 2.15. The molecule has 1 atom stereocenters. The van der Waals surface area contributed by atoms with Crippen LogP contribution in [0.1, 0.15) is 30.7 Å². The molecule has 1 N–H and O–H groups in total. The summed E-state index contributed by atoms with van der Waals surface area (Å²) in [6, 6.07) is 8.28. The second-order valence-corrected chi connectivity index (χ2v) is 6.29. The standard InChI is InChI=1S/C16H20N2OS/c1-5-11(3)15(19)18-16-17-14(12(4)20-16)13-8-6-10(2)7-9-13/h6-9,11H,5H2,1-4H3,(H,17,18,19). The van der Waals surface area contributed by atoms with Gasteiger partial charge in [0, 0.05) is 16.4 Å². The third kappa shape index (κ3) is 3.25. The first-order valence-electron chi connectivity index (χ1n) is 6.86. The van der Waals surface area contributed by atoms with Gasteiger partial charge in [-0.15, -0.1) is 11.3 Å². The van der Waals surface area contributed by atoms with Crippen LogP contribution in [-0.2, 0) is 4.79 Å². The molecule has 0 bridgehead atoms. The Morgan fingerprint density at radius 3 is 2.55 bits per heavy atom. The molecule has 2 aromatic rings. The molecule has 20 heavy (non-hydrogen) atoms. The van der Waals surface area contributed by atoms with Gasteiger partial charge in [-0.3, -0.25) is 4.79 Å². The van der Waals surface area contributed by atoms with Gasteiger partial charge in [-0.2, -0.15) is 0 Å². The van der Waals surface area contributed by atoms with Crippen LogP contribution in [0, 0.1) is 19.8 Å². The minimum absolute atomic E-state index is 0.0158. The predicted molar refractivity (Wildman–Crippen MR) is 85.1 cm³/mol. The Morgan fingerprint density at radius 1 is 1.30 bits per heavy atom. The maximum absolute atomic E-state index is 11.9. The molecule has 106 valence electrons. The summed E-state index contributed by atoms with van der Waals surface area (Å²) in [6.07, 6.45) is 0.834. The molecule has 0 aliphatic rings. The van der Waals surface area contributed by atoms with E-state index in [1.165, 1.54) is 16.9 Å². The number of amides is 1. The molecule has 1 unspecified atom stereocenters. The van der Waals surface area contributed by atoms with Crippen molar-refractivity contribution in [2.75, 3.05) is 5.32 Å². The molecule has 4 heteroatoms. The number of hydrogen-bond donors (Lipinski definition) is 1. The zero-order valence-electron chi connectivity index (χ0n) is 12.4. The van der Waals surface area contributed by atoms with Crippen LogP contribution in [0.4, 0.5) is 5.13 Å². The van der Waals surface area contributed by atoms with Crippen LogP contribution < -0.4 is 5.32 Å². The SMILES string of the molecule is CCC(C)C(=O)Nc1nc(-c2ccc(C)cc2)c(C)s1. The van der Waals surface area contributed by atoms with Gasteiger partial charge in [0.2, 0.25) is 5.91 Å². The summed E-state index contributed by atoms with van der Waals surface area (Å²) in [5, 5.41) is 3.59. The maximum Gasteiger partial charge on any atom is 0.228 e. The second-order valence-electron chi connectivity index (χ2n) is 5.09. The Kier molecular flexibility index (Phi) is 4.55. The molecule has 1 heterocycles. The zero-order chi connectivity index (χ0) is 14.7. The van der Waals surface area contributed by atoms with E-state index < -0.39 is 0 Å². The van der Waals surface area contributed by atoms with Crippen LogP contribution in [0.5, 0.6) is 0 Å². The molecular formula is C16H20N2OS. The van der Waals surface area contributed by atoms with Gasteiger partial charge in [-0.25, -0.2) is 4.98 Å². The number of aryl methyl sites for hydroxylation is 2. The third-order valence-electron chi connectivity index (χ3n) is 3.41. The van der Waals surface area contributed by atoms with Crippen molar-refractivity contribution in [2.24, 2.45) is 5.92 Å². The number of carbonyl (C=O) groups is 1. The van der Waals surface area contributed by atoms with E-state index >= 15 is 0 Å². The number of aromatic nitrogens is 1. The first kappa shape index (κ1) is 14.7. The fourth-order valence-corrected chi connectivity index (χ4v) is 2.68. The summed E-state index contributed by atoms with van der Waals surface area (Å²) in [5.74, 6) is 0.0544. The first-order valence-corrected chi connectivity index (χ1v) is 7.68. The van der Waals surface area contributed by atoms with Crippen LogP contribution in [-0.4, -0.2) is 10.9 Å². The summed E-state index contributed by atoms with van der Waals surface area (Å²) < 4.78 is 0. The van der Waals surface area contributed by atoms with Crippen molar-refractivity contribution in [3.05, 3.63) is 34.7 Å². The lowest BCUT2D eigenvalue weighted by Crippen LogP contribution is -2.19. The van der Waals surface area contributed by atoms with Crippen molar-refractivity contribution in [3.8, 4) is 11.3 Å². The number of benzene rings is 1. The van der Waals surface area contributed by atoms with E-state index in [4.69, 9.17) is 0 Å². The highest BCUT2D eigenvalue weighted by molar-refractivity contribution is 7.16. The number of hydrogen-bond acceptors (Lipinski definition) is 3. The van der Waals surface area contributed by atoms with E-state index in [0.29, 0.717) is 5.13 Å². The molecule has 0 saturated heterocycles. The lowest BCUT2D eigenvalue weighted by Gasteiger charge is -2.06. The monoisotopic (exact) mass is 288 g/mol. The van der Waals surface area contributed by atoms with Crippen molar-refractivity contribution < 1.29 is 4.79 Å². The molecule has 1 aromatic heterocycles. The fraction of sp³-hybridized carbons (Fsp3) is 0.375. The van der Waals surface area contributed by atoms with Crippen molar-refractivity contribution in [1.82, 2.24) is 4.98 Å². The lowest BCUT2D eigenvalue weighted by molar-refractivity contribution is -0.119. The van der Waals surface area contributed by atoms with E-state index in [9.17, 15) is 4.79 Å². The van der Waals surface area contributed by atoms with Crippen LogP contribution in [0.2, 0.25) is 0 Å². The molecule has 0 fully saturated rings. The van der Waals surface area contributed by atoms with Gasteiger partial charge in [0.15, 0.2) is 5.13 Å². The number of nitrogens with zero attached hydrogens (tertiary/aromatic N) is 1. The smallest absolute Gasteiger partial charge is 0.228 e. The predicted octanol–water partition coefficient (Wildman–Crippen LogP) is 4.41. The Hall–Kier alpha value is -1.68. The van der Waals surface area contributed by atoms with E-state index in [1.807, 2.05) is 20.8 Å². The van der Waals surface area contributed by atoms with Crippen molar-refractivity contribution in [1.29, 1.82) is 0 Å². The van der Waals surface area contributed by atoms with Gasteiger partial charge in [0.1, 0.15) is 0 Å². The van der Waals surface area contributed by atoms with Gasteiger partial charge in [-0.05, 0) is 20.3 Å². The van der Waals surface area contributed by atoms with Crippen LogP contribution in [0.25, 0.3) is 11.3 Å². The number of rotatable bonds is 4. The molecule has 2 rings (SSSR count). The van der Waals surface area contributed by atoms with Gasteiger partial charge >= 0.3 is 0 Å². The summed E-state index contributed by atoms with van der Waals surface area (Å²) in [7, 11) is 0. The molecule has 0 radical (unpaired) electrons. The molecule has 1 amide bonds. The quantitative estimate of drug-likeness (QED) is 0.905. The summed E-state index contributed by atoms with van der Waals surface area (Å²) in [6.45, 7) is 8.03. The molecule has 3 nitrogen and oxygen atoms in total. The Balaban J connectivity index is 2.21. The van der Waals surface area contributed by atoms with Crippen LogP contribution in [0.15, 0.2) is 24.3 Å². The fourth-order valence-electron chi connectivity index (χ4n) is 1.84. The largest absolute Gasteiger partial charge is 0.302 e. The second kappa shape index (κ2) is 6.18. The minimum atomic E-state index is 0.0158. The normalized spacial score (nSPS) is 12.2. The molecule has 0 saturated carbocycles. The van der Waals surface area contributed by atoms with Crippen LogP contribution in [0.3, 0.4) is 0 Å². The van der Waals surface area contributed by atoms with E-state index in [0.717, 1.165) is 22.6 Å². The average molecular weight is 288 g/mol. The van der Waals surface area contributed by atoms with E-state index in [1.54, 1.807) is 0 Å². The highest BCUT2D eigenvalue weighted by atomic mass is 32.1. The van der Waals surface area contributed by atoms with Crippen LogP contribution >= 0.6 is 11.3 Å². The van der Waals surface area contributed by atoms with Crippen molar-refractivity contribution in [2.45, 2.75) is 34.1 Å². The van der Waals surface area contributed by atoms with Crippen molar-refractivity contribution >= 4 is 22.4 Å².